The van der Waals surface area contributed by atoms with Gasteiger partial charge < -0.3 is 10.6 Å². The highest BCUT2D eigenvalue weighted by molar-refractivity contribution is 5.78. The second-order valence-corrected chi connectivity index (χ2v) is 5.11. The summed E-state index contributed by atoms with van der Waals surface area (Å²) in [6, 6.07) is 1.20. The Balaban J connectivity index is 2.43. The van der Waals surface area contributed by atoms with Gasteiger partial charge in [-0.25, -0.2) is 0 Å². The Morgan fingerprint density at radius 3 is 2.29 bits per heavy atom. The van der Waals surface area contributed by atoms with Crippen molar-refractivity contribution in [2.45, 2.75) is 58.7 Å². The van der Waals surface area contributed by atoms with E-state index in [1.54, 1.807) is 0 Å². The van der Waals surface area contributed by atoms with Crippen molar-refractivity contribution in [3.05, 3.63) is 0 Å². The molecule has 4 heteroatoms. The molecule has 0 saturated carbocycles. The van der Waals surface area contributed by atoms with E-state index in [1.165, 1.54) is 0 Å². The van der Waals surface area contributed by atoms with Crippen molar-refractivity contribution in [2.24, 2.45) is 0 Å². The number of hydrogen-bond donors (Lipinski definition) is 2. The van der Waals surface area contributed by atoms with E-state index in [4.69, 9.17) is 0 Å². The largest absolute Gasteiger partial charge is 0.352 e. The molecular formula is C13H27N3O. The number of carbonyl (C=O) groups excluding carboxylic acids is 1. The van der Waals surface area contributed by atoms with E-state index in [0.29, 0.717) is 24.7 Å². The van der Waals surface area contributed by atoms with Gasteiger partial charge in [-0.2, -0.15) is 0 Å². The molecule has 0 aliphatic carbocycles. The number of carbonyl (C=O) groups is 1. The van der Waals surface area contributed by atoms with Gasteiger partial charge in [0, 0.05) is 31.2 Å². The van der Waals surface area contributed by atoms with Gasteiger partial charge in [0.1, 0.15) is 0 Å². The number of amides is 1. The van der Waals surface area contributed by atoms with Crippen LogP contribution in [0.4, 0.5) is 0 Å². The van der Waals surface area contributed by atoms with Crippen molar-refractivity contribution in [1.29, 1.82) is 0 Å². The quantitative estimate of drug-likeness (QED) is 0.754. The van der Waals surface area contributed by atoms with Gasteiger partial charge in [-0.3, -0.25) is 9.69 Å². The normalized spacial score (nSPS) is 26.2. The highest BCUT2D eigenvalue weighted by atomic mass is 16.2. The van der Waals surface area contributed by atoms with Gasteiger partial charge in [0.2, 0.25) is 5.91 Å². The van der Waals surface area contributed by atoms with Crippen molar-refractivity contribution >= 4 is 5.91 Å². The Morgan fingerprint density at radius 2 is 1.82 bits per heavy atom. The lowest BCUT2D eigenvalue weighted by Crippen LogP contribution is -2.57. The van der Waals surface area contributed by atoms with Crippen molar-refractivity contribution in [2.75, 3.05) is 19.6 Å². The van der Waals surface area contributed by atoms with Crippen LogP contribution in [0.3, 0.4) is 0 Å². The fourth-order valence-corrected chi connectivity index (χ4v) is 2.41. The first-order valence-corrected chi connectivity index (χ1v) is 6.84. The van der Waals surface area contributed by atoms with E-state index in [0.717, 1.165) is 25.9 Å². The summed E-state index contributed by atoms with van der Waals surface area (Å²) in [5, 5.41) is 6.48. The lowest BCUT2D eigenvalue weighted by molar-refractivity contribution is -0.124. The zero-order valence-electron chi connectivity index (χ0n) is 11.6. The van der Waals surface area contributed by atoms with E-state index in [1.807, 2.05) is 0 Å². The lowest BCUT2D eigenvalue weighted by Gasteiger charge is -2.39. The van der Waals surface area contributed by atoms with E-state index < -0.39 is 0 Å². The minimum absolute atomic E-state index is 0.166. The SMILES string of the molecule is CCC(CC)NC(=O)CN1C(C)CNCC1C. The maximum Gasteiger partial charge on any atom is 0.234 e. The molecule has 100 valence electrons. The number of nitrogens with zero attached hydrogens (tertiary/aromatic N) is 1. The molecule has 1 amide bonds. The topological polar surface area (TPSA) is 44.4 Å². The molecule has 17 heavy (non-hydrogen) atoms. The van der Waals surface area contributed by atoms with E-state index in [2.05, 4.69) is 43.2 Å². The molecule has 4 nitrogen and oxygen atoms in total. The Hall–Kier alpha value is -0.610. The summed E-state index contributed by atoms with van der Waals surface area (Å²) >= 11 is 0. The minimum Gasteiger partial charge on any atom is -0.352 e. The van der Waals surface area contributed by atoms with Crippen molar-refractivity contribution < 1.29 is 4.79 Å². The van der Waals surface area contributed by atoms with Gasteiger partial charge in [-0.05, 0) is 26.7 Å². The van der Waals surface area contributed by atoms with Gasteiger partial charge in [0.05, 0.1) is 6.54 Å². The first-order valence-electron chi connectivity index (χ1n) is 6.84. The Kier molecular flexibility index (Phi) is 5.92. The van der Waals surface area contributed by atoms with Crippen LogP contribution in [0.1, 0.15) is 40.5 Å². The maximum atomic E-state index is 12.0. The van der Waals surface area contributed by atoms with Crippen LogP contribution in [-0.2, 0) is 4.79 Å². The van der Waals surface area contributed by atoms with Crippen LogP contribution in [0.5, 0.6) is 0 Å². The summed E-state index contributed by atoms with van der Waals surface area (Å²) in [6.07, 6.45) is 2.02. The third kappa shape index (κ3) is 4.28. The molecule has 1 rings (SSSR count). The Morgan fingerprint density at radius 1 is 1.29 bits per heavy atom. The van der Waals surface area contributed by atoms with E-state index in [-0.39, 0.29) is 5.91 Å². The van der Waals surface area contributed by atoms with Crippen LogP contribution in [0, 0.1) is 0 Å². The molecular weight excluding hydrogens is 214 g/mol. The molecule has 0 radical (unpaired) electrons. The van der Waals surface area contributed by atoms with Crippen LogP contribution in [0.25, 0.3) is 0 Å². The summed E-state index contributed by atoms with van der Waals surface area (Å²) in [5.41, 5.74) is 0. The Bertz CT molecular complexity index is 231. The number of hydrogen-bond acceptors (Lipinski definition) is 3. The molecule has 1 aliphatic rings. The van der Waals surface area contributed by atoms with E-state index >= 15 is 0 Å². The Labute approximate surface area is 105 Å². The highest BCUT2D eigenvalue weighted by Crippen LogP contribution is 2.09. The van der Waals surface area contributed by atoms with Gasteiger partial charge in [0.25, 0.3) is 0 Å². The molecule has 2 N–H and O–H groups in total. The summed E-state index contributed by atoms with van der Waals surface area (Å²) in [7, 11) is 0. The summed E-state index contributed by atoms with van der Waals surface area (Å²) in [6.45, 7) is 11.1. The molecule has 0 aromatic heterocycles. The average molecular weight is 241 g/mol. The second kappa shape index (κ2) is 6.97. The van der Waals surface area contributed by atoms with Gasteiger partial charge in [0.15, 0.2) is 0 Å². The smallest absolute Gasteiger partial charge is 0.234 e. The zero-order chi connectivity index (χ0) is 12.8. The average Bonchev–Trinajstić information content (AvgIpc) is 2.31. The third-order valence-electron chi connectivity index (χ3n) is 3.69. The predicted molar refractivity (Wildman–Crippen MR) is 71.0 cm³/mol. The first kappa shape index (κ1) is 14.5. The lowest BCUT2D eigenvalue weighted by atomic mass is 10.1. The van der Waals surface area contributed by atoms with Gasteiger partial charge in [-0.15, -0.1) is 0 Å². The molecule has 0 bridgehead atoms. The molecule has 0 spiro atoms. The molecule has 1 aliphatic heterocycles. The molecule has 2 unspecified atom stereocenters. The second-order valence-electron chi connectivity index (χ2n) is 5.11. The number of piperazine rings is 1. The fraction of sp³-hybridized carbons (Fsp3) is 0.923. The zero-order valence-corrected chi connectivity index (χ0v) is 11.6. The number of rotatable bonds is 5. The van der Waals surface area contributed by atoms with Crippen molar-refractivity contribution in [1.82, 2.24) is 15.5 Å². The fourth-order valence-electron chi connectivity index (χ4n) is 2.41. The molecule has 0 aromatic rings. The summed E-state index contributed by atoms with van der Waals surface area (Å²) < 4.78 is 0. The van der Waals surface area contributed by atoms with Crippen LogP contribution in [0.2, 0.25) is 0 Å². The number of nitrogens with one attached hydrogen (secondary N) is 2. The first-order chi connectivity index (χ1) is 8.08. The van der Waals surface area contributed by atoms with Crippen LogP contribution in [0.15, 0.2) is 0 Å². The maximum absolute atomic E-state index is 12.0. The van der Waals surface area contributed by atoms with Crippen LogP contribution in [-0.4, -0.2) is 48.6 Å². The molecule has 2 atom stereocenters. The monoisotopic (exact) mass is 241 g/mol. The molecule has 1 heterocycles. The highest BCUT2D eigenvalue weighted by Gasteiger charge is 2.26. The van der Waals surface area contributed by atoms with Gasteiger partial charge >= 0.3 is 0 Å². The predicted octanol–water partition coefficient (Wildman–Crippen LogP) is 0.973. The standard InChI is InChI=1S/C13H27N3O/c1-5-12(6-2)15-13(17)9-16-10(3)7-14-8-11(16)4/h10-12,14H,5-9H2,1-4H3,(H,15,17). The summed E-state index contributed by atoms with van der Waals surface area (Å²) in [5.74, 6) is 0.166. The molecule has 1 fully saturated rings. The van der Waals surface area contributed by atoms with Crippen LogP contribution < -0.4 is 10.6 Å². The summed E-state index contributed by atoms with van der Waals surface area (Å²) in [4.78, 5) is 14.2. The van der Waals surface area contributed by atoms with Gasteiger partial charge in [-0.1, -0.05) is 13.8 Å². The van der Waals surface area contributed by atoms with Crippen molar-refractivity contribution in [3.63, 3.8) is 0 Å². The van der Waals surface area contributed by atoms with E-state index in [9.17, 15) is 4.79 Å². The third-order valence-corrected chi connectivity index (χ3v) is 3.69. The molecule has 0 aromatic carbocycles. The molecule has 1 saturated heterocycles. The minimum atomic E-state index is 0.166. The van der Waals surface area contributed by atoms with Crippen molar-refractivity contribution in [3.8, 4) is 0 Å². The van der Waals surface area contributed by atoms with Crippen LogP contribution >= 0.6 is 0 Å².